The number of benzene rings is 1. The molecular weight excluding hydrogens is 402 g/mol. The number of nitrogens with zero attached hydrogens (tertiary/aromatic N) is 2. The topological polar surface area (TPSA) is 75.1 Å². The fourth-order valence-electron chi connectivity index (χ4n) is 2.48. The summed E-state index contributed by atoms with van der Waals surface area (Å²) >= 11 is 4.67. The van der Waals surface area contributed by atoms with Crippen LogP contribution in [0.4, 0.5) is 5.13 Å². The van der Waals surface area contributed by atoms with Gasteiger partial charge in [0.2, 0.25) is 0 Å². The zero-order valence-electron chi connectivity index (χ0n) is 13.9. The Morgan fingerprint density at radius 2 is 2.00 bits per heavy atom. The van der Waals surface area contributed by atoms with E-state index in [0.717, 1.165) is 20.5 Å². The SMILES string of the molecule is CC(C)(CO)Cc1ccccc1C(=O)Nc1nc2ccc(Br)nc2s1. The number of pyridine rings is 1. The molecule has 25 heavy (non-hydrogen) atoms. The number of fused-ring (bicyclic) bond motifs is 1. The van der Waals surface area contributed by atoms with Crippen LogP contribution in [-0.4, -0.2) is 27.6 Å². The van der Waals surface area contributed by atoms with Crippen LogP contribution in [0, 0.1) is 5.41 Å². The second-order valence-corrected chi connectivity index (χ2v) is 8.38. The van der Waals surface area contributed by atoms with Crippen molar-refractivity contribution in [2.24, 2.45) is 5.41 Å². The van der Waals surface area contributed by atoms with Gasteiger partial charge in [0.05, 0.1) is 0 Å². The van der Waals surface area contributed by atoms with E-state index < -0.39 is 0 Å². The Morgan fingerprint density at radius 1 is 1.24 bits per heavy atom. The predicted molar refractivity (Wildman–Crippen MR) is 104 cm³/mol. The summed E-state index contributed by atoms with van der Waals surface area (Å²) in [5.74, 6) is -0.206. The maximum Gasteiger partial charge on any atom is 0.257 e. The summed E-state index contributed by atoms with van der Waals surface area (Å²) in [6.07, 6.45) is 0.613. The standard InChI is InChI=1S/C18H18BrN3O2S/c1-18(2,10-23)9-11-5-3-4-6-12(11)15(24)22-17-20-13-7-8-14(19)21-16(13)25-17/h3-8,23H,9-10H2,1-2H3,(H,20,22,24). The van der Waals surface area contributed by atoms with Crippen LogP contribution in [0.15, 0.2) is 41.0 Å². The van der Waals surface area contributed by atoms with Crippen molar-refractivity contribution in [3.8, 4) is 0 Å². The number of rotatable bonds is 5. The van der Waals surface area contributed by atoms with Crippen molar-refractivity contribution in [2.75, 3.05) is 11.9 Å². The average Bonchev–Trinajstić information content (AvgIpc) is 2.96. The number of nitrogens with one attached hydrogen (secondary N) is 1. The number of aromatic nitrogens is 2. The van der Waals surface area contributed by atoms with E-state index >= 15 is 0 Å². The molecule has 5 nitrogen and oxygen atoms in total. The third-order valence-corrected chi connectivity index (χ3v) is 5.12. The quantitative estimate of drug-likeness (QED) is 0.605. The van der Waals surface area contributed by atoms with Gasteiger partial charge in [0.15, 0.2) is 5.13 Å². The highest BCUT2D eigenvalue weighted by molar-refractivity contribution is 9.10. The molecule has 0 fully saturated rings. The summed E-state index contributed by atoms with van der Waals surface area (Å²) in [6, 6.07) is 11.1. The fraction of sp³-hybridized carbons (Fsp3) is 0.278. The molecule has 0 unspecified atom stereocenters. The molecule has 3 aromatic rings. The van der Waals surface area contributed by atoms with Crippen molar-refractivity contribution in [3.05, 3.63) is 52.1 Å². The van der Waals surface area contributed by atoms with Crippen LogP contribution in [0.3, 0.4) is 0 Å². The Labute approximate surface area is 158 Å². The van der Waals surface area contributed by atoms with E-state index in [4.69, 9.17) is 0 Å². The number of carbonyl (C=O) groups excluding carboxylic acids is 1. The maximum atomic E-state index is 12.7. The number of hydrogen-bond donors (Lipinski definition) is 2. The molecule has 2 N–H and O–H groups in total. The fourth-order valence-corrected chi connectivity index (χ4v) is 3.74. The molecule has 1 amide bonds. The first-order valence-corrected chi connectivity index (χ1v) is 9.42. The molecule has 0 aliphatic carbocycles. The number of carbonyl (C=O) groups is 1. The van der Waals surface area contributed by atoms with E-state index in [0.29, 0.717) is 17.1 Å². The summed E-state index contributed by atoms with van der Waals surface area (Å²) in [5.41, 5.74) is 1.96. The van der Waals surface area contributed by atoms with Gasteiger partial charge in [0, 0.05) is 12.2 Å². The van der Waals surface area contributed by atoms with E-state index in [2.05, 4.69) is 31.2 Å². The highest BCUT2D eigenvalue weighted by Crippen LogP contribution is 2.27. The van der Waals surface area contributed by atoms with Gasteiger partial charge in [0.25, 0.3) is 5.91 Å². The van der Waals surface area contributed by atoms with Gasteiger partial charge in [-0.1, -0.05) is 43.4 Å². The second kappa shape index (κ2) is 7.19. The number of amides is 1. The molecule has 130 valence electrons. The van der Waals surface area contributed by atoms with Crippen LogP contribution < -0.4 is 5.32 Å². The largest absolute Gasteiger partial charge is 0.396 e. The Kier molecular flexibility index (Phi) is 5.17. The lowest BCUT2D eigenvalue weighted by molar-refractivity contribution is 0.102. The summed E-state index contributed by atoms with van der Waals surface area (Å²) < 4.78 is 0.734. The number of anilines is 1. The number of aliphatic hydroxyl groups excluding tert-OH is 1. The predicted octanol–water partition coefficient (Wildman–Crippen LogP) is 4.27. The van der Waals surface area contributed by atoms with E-state index in [1.165, 1.54) is 11.3 Å². The summed E-state index contributed by atoms with van der Waals surface area (Å²) in [4.78, 5) is 22.2. The Morgan fingerprint density at radius 3 is 2.76 bits per heavy atom. The molecule has 3 rings (SSSR count). The third-order valence-electron chi connectivity index (χ3n) is 3.80. The molecule has 2 aromatic heterocycles. The number of halogens is 1. The third kappa shape index (κ3) is 4.23. The lowest BCUT2D eigenvalue weighted by atomic mass is 9.85. The van der Waals surface area contributed by atoms with Crippen molar-refractivity contribution in [3.63, 3.8) is 0 Å². The van der Waals surface area contributed by atoms with Crippen molar-refractivity contribution in [1.82, 2.24) is 9.97 Å². The smallest absolute Gasteiger partial charge is 0.257 e. The molecular formula is C18H18BrN3O2S. The number of aliphatic hydroxyl groups is 1. The minimum absolute atomic E-state index is 0.0569. The Hall–Kier alpha value is -1.83. The first kappa shape index (κ1) is 18.0. The highest BCUT2D eigenvalue weighted by Gasteiger charge is 2.21. The summed E-state index contributed by atoms with van der Waals surface area (Å²) in [5, 5.41) is 12.9. The van der Waals surface area contributed by atoms with Gasteiger partial charge >= 0.3 is 0 Å². The number of thiazole rings is 1. The summed E-state index contributed by atoms with van der Waals surface area (Å²) in [6.45, 7) is 4.00. The molecule has 0 aliphatic rings. The van der Waals surface area contributed by atoms with Crippen LogP contribution in [0.1, 0.15) is 29.8 Å². The Balaban J connectivity index is 1.85. The lowest BCUT2D eigenvalue weighted by Gasteiger charge is -2.22. The molecule has 1 aromatic carbocycles. The first-order valence-electron chi connectivity index (χ1n) is 7.81. The average molecular weight is 420 g/mol. The van der Waals surface area contributed by atoms with Gasteiger partial charge in [-0.25, -0.2) is 9.97 Å². The van der Waals surface area contributed by atoms with Gasteiger partial charge < -0.3 is 5.11 Å². The maximum absolute atomic E-state index is 12.7. The van der Waals surface area contributed by atoms with Crippen molar-refractivity contribution >= 4 is 48.7 Å². The van der Waals surface area contributed by atoms with Crippen molar-refractivity contribution in [1.29, 1.82) is 0 Å². The molecule has 0 aliphatic heterocycles. The summed E-state index contributed by atoms with van der Waals surface area (Å²) in [7, 11) is 0. The highest BCUT2D eigenvalue weighted by atomic mass is 79.9. The van der Waals surface area contributed by atoms with E-state index in [9.17, 15) is 9.90 Å². The lowest BCUT2D eigenvalue weighted by Crippen LogP contribution is -2.22. The van der Waals surface area contributed by atoms with Gasteiger partial charge in [-0.3, -0.25) is 10.1 Å². The molecule has 0 radical (unpaired) electrons. The molecule has 0 spiro atoms. The van der Waals surface area contributed by atoms with E-state index in [1.807, 2.05) is 44.2 Å². The molecule has 0 saturated carbocycles. The van der Waals surface area contributed by atoms with Gasteiger partial charge in [-0.15, -0.1) is 0 Å². The number of hydrogen-bond acceptors (Lipinski definition) is 5. The molecule has 2 heterocycles. The van der Waals surface area contributed by atoms with Gasteiger partial charge in [-0.2, -0.15) is 0 Å². The minimum Gasteiger partial charge on any atom is -0.396 e. The van der Waals surface area contributed by atoms with Gasteiger partial charge in [0.1, 0.15) is 15.0 Å². The van der Waals surface area contributed by atoms with Crippen LogP contribution >= 0.6 is 27.3 Å². The monoisotopic (exact) mass is 419 g/mol. The van der Waals surface area contributed by atoms with Crippen LogP contribution in [-0.2, 0) is 6.42 Å². The normalized spacial score (nSPS) is 11.7. The molecule has 7 heteroatoms. The van der Waals surface area contributed by atoms with Crippen LogP contribution in [0.25, 0.3) is 10.3 Å². The minimum atomic E-state index is -0.289. The molecule has 0 atom stereocenters. The van der Waals surface area contributed by atoms with Gasteiger partial charge in [-0.05, 0) is 51.5 Å². The van der Waals surface area contributed by atoms with Crippen LogP contribution in [0.5, 0.6) is 0 Å². The van der Waals surface area contributed by atoms with E-state index in [-0.39, 0.29) is 17.9 Å². The first-order chi connectivity index (χ1) is 11.9. The van der Waals surface area contributed by atoms with E-state index in [1.54, 1.807) is 6.07 Å². The molecule has 0 saturated heterocycles. The molecule has 0 bridgehead atoms. The van der Waals surface area contributed by atoms with Crippen LogP contribution in [0.2, 0.25) is 0 Å². The van der Waals surface area contributed by atoms with Crippen molar-refractivity contribution < 1.29 is 9.90 Å². The zero-order chi connectivity index (χ0) is 18.0. The second-order valence-electron chi connectivity index (χ2n) is 6.59. The Bertz CT molecular complexity index is 924. The van der Waals surface area contributed by atoms with Crippen molar-refractivity contribution in [2.45, 2.75) is 20.3 Å². The zero-order valence-corrected chi connectivity index (χ0v) is 16.3.